The number of benzene rings is 2. The van der Waals surface area contributed by atoms with E-state index >= 15 is 0 Å². The lowest BCUT2D eigenvalue weighted by atomic mass is 10.1. The summed E-state index contributed by atoms with van der Waals surface area (Å²) in [7, 11) is 1.97. The minimum absolute atomic E-state index is 0.626. The normalized spacial score (nSPS) is 11.2. The van der Waals surface area contributed by atoms with Crippen molar-refractivity contribution in [1.29, 1.82) is 0 Å². The minimum atomic E-state index is 0.626. The smallest absolute Gasteiger partial charge is 0.137 e. The van der Waals surface area contributed by atoms with Crippen LogP contribution in [0.1, 0.15) is 11.3 Å². The quantitative estimate of drug-likeness (QED) is 0.630. The average Bonchev–Trinajstić information content (AvgIpc) is 2.89. The van der Waals surface area contributed by atoms with E-state index in [1.165, 1.54) is 5.56 Å². The molecule has 2 heterocycles. The zero-order chi connectivity index (χ0) is 15.8. The van der Waals surface area contributed by atoms with Gasteiger partial charge in [-0.2, -0.15) is 5.10 Å². The van der Waals surface area contributed by atoms with Gasteiger partial charge in [0.2, 0.25) is 0 Å². The predicted molar refractivity (Wildman–Crippen MR) is 92.3 cm³/mol. The molecule has 4 rings (SSSR count). The summed E-state index contributed by atoms with van der Waals surface area (Å²) in [5.74, 6) is 0.841. The Morgan fingerprint density at radius 3 is 2.83 bits per heavy atom. The first-order valence-electron chi connectivity index (χ1n) is 7.58. The molecule has 114 valence electrons. The molecule has 0 aliphatic carbocycles. The maximum absolute atomic E-state index is 4.61. The van der Waals surface area contributed by atoms with Gasteiger partial charge in [-0.3, -0.25) is 4.68 Å². The van der Waals surface area contributed by atoms with E-state index in [1.807, 2.05) is 29.9 Å². The number of aromatic nitrogens is 4. The molecule has 5 heteroatoms. The summed E-state index contributed by atoms with van der Waals surface area (Å²) in [6, 6.07) is 14.4. The average molecular weight is 303 g/mol. The van der Waals surface area contributed by atoms with Gasteiger partial charge in [0.1, 0.15) is 12.1 Å². The zero-order valence-corrected chi connectivity index (χ0v) is 13.1. The van der Waals surface area contributed by atoms with Gasteiger partial charge < -0.3 is 5.32 Å². The number of hydrogen-bond acceptors (Lipinski definition) is 4. The molecule has 0 bridgehead atoms. The molecule has 0 unspecified atom stereocenters. The second-order valence-corrected chi connectivity index (χ2v) is 5.68. The molecule has 0 saturated heterocycles. The standard InChI is InChI=1S/C18H17N5/c1-12-7-8-15-14(9-12)18(21-11-20-15)19-10-16-13-5-3-4-6-17(13)23(2)22-16/h3-9,11H,10H2,1-2H3,(H,19,20,21). The summed E-state index contributed by atoms with van der Waals surface area (Å²) in [6.07, 6.45) is 1.59. The highest BCUT2D eigenvalue weighted by Gasteiger charge is 2.09. The lowest BCUT2D eigenvalue weighted by molar-refractivity contribution is 0.771. The Morgan fingerprint density at radius 2 is 1.91 bits per heavy atom. The first kappa shape index (κ1) is 13.7. The van der Waals surface area contributed by atoms with Gasteiger partial charge in [0.05, 0.1) is 23.3 Å². The first-order chi connectivity index (χ1) is 11.2. The molecule has 0 saturated carbocycles. The molecule has 0 atom stereocenters. The lowest BCUT2D eigenvalue weighted by Gasteiger charge is -2.07. The number of fused-ring (bicyclic) bond motifs is 2. The zero-order valence-electron chi connectivity index (χ0n) is 13.1. The van der Waals surface area contributed by atoms with E-state index in [0.717, 1.165) is 33.3 Å². The van der Waals surface area contributed by atoms with Gasteiger partial charge in [0, 0.05) is 17.8 Å². The van der Waals surface area contributed by atoms with Gasteiger partial charge in [0.25, 0.3) is 0 Å². The highest BCUT2D eigenvalue weighted by Crippen LogP contribution is 2.22. The van der Waals surface area contributed by atoms with E-state index < -0.39 is 0 Å². The molecule has 0 aliphatic rings. The van der Waals surface area contributed by atoms with E-state index in [-0.39, 0.29) is 0 Å². The number of rotatable bonds is 3. The second kappa shape index (κ2) is 5.35. The van der Waals surface area contributed by atoms with Crippen LogP contribution in [0.25, 0.3) is 21.8 Å². The van der Waals surface area contributed by atoms with Crippen molar-refractivity contribution in [3.8, 4) is 0 Å². The summed E-state index contributed by atoms with van der Waals surface area (Å²) in [5.41, 5.74) is 4.29. The van der Waals surface area contributed by atoms with Crippen LogP contribution < -0.4 is 5.32 Å². The summed E-state index contributed by atoms with van der Waals surface area (Å²) in [4.78, 5) is 8.71. The highest BCUT2D eigenvalue weighted by atomic mass is 15.3. The Balaban J connectivity index is 1.70. The third kappa shape index (κ3) is 2.40. The fraction of sp³-hybridized carbons (Fsp3) is 0.167. The number of aryl methyl sites for hydroxylation is 2. The van der Waals surface area contributed by atoms with Gasteiger partial charge in [-0.1, -0.05) is 29.8 Å². The van der Waals surface area contributed by atoms with Crippen LogP contribution in [0.2, 0.25) is 0 Å². The number of anilines is 1. The predicted octanol–water partition coefficient (Wildman–Crippen LogP) is 3.44. The Morgan fingerprint density at radius 1 is 1.04 bits per heavy atom. The molecule has 1 N–H and O–H groups in total. The van der Waals surface area contributed by atoms with Crippen molar-refractivity contribution in [2.45, 2.75) is 13.5 Å². The van der Waals surface area contributed by atoms with E-state index in [2.05, 4.69) is 51.6 Å². The maximum atomic E-state index is 4.61. The number of nitrogens with one attached hydrogen (secondary N) is 1. The van der Waals surface area contributed by atoms with E-state index in [1.54, 1.807) is 6.33 Å². The van der Waals surface area contributed by atoms with Crippen molar-refractivity contribution in [2.75, 3.05) is 5.32 Å². The van der Waals surface area contributed by atoms with Crippen LogP contribution in [0.15, 0.2) is 48.8 Å². The number of para-hydroxylation sites is 1. The van der Waals surface area contributed by atoms with Crippen molar-refractivity contribution in [1.82, 2.24) is 19.7 Å². The third-order valence-electron chi connectivity index (χ3n) is 4.05. The van der Waals surface area contributed by atoms with Crippen LogP contribution in [0.3, 0.4) is 0 Å². The second-order valence-electron chi connectivity index (χ2n) is 5.68. The number of nitrogens with zero attached hydrogens (tertiary/aromatic N) is 4. The molecular weight excluding hydrogens is 286 g/mol. The maximum Gasteiger partial charge on any atom is 0.137 e. The van der Waals surface area contributed by atoms with Crippen LogP contribution in [-0.2, 0) is 13.6 Å². The Labute approximate surface area is 134 Å². The summed E-state index contributed by atoms with van der Waals surface area (Å²) in [6.45, 7) is 2.70. The molecule has 2 aromatic carbocycles. The molecule has 4 aromatic rings. The molecule has 0 aliphatic heterocycles. The molecule has 5 nitrogen and oxygen atoms in total. The Hall–Kier alpha value is -2.95. The fourth-order valence-corrected chi connectivity index (χ4v) is 2.90. The molecule has 2 aromatic heterocycles. The highest BCUT2D eigenvalue weighted by molar-refractivity contribution is 5.89. The van der Waals surface area contributed by atoms with E-state index in [0.29, 0.717) is 6.54 Å². The van der Waals surface area contributed by atoms with Gasteiger partial charge in [0.15, 0.2) is 0 Å². The summed E-state index contributed by atoms with van der Waals surface area (Å²) < 4.78 is 1.91. The van der Waals surface area contributed by atoms with E-state index in [4.69, 9.17) is 0 Å². The SMILES string of the molecule is Cc1ccc2ncnc(NCc3nn(C)c4ccccc34)c2c1. The van der Waals surface area contributed by atoms with Crippen LogP contribution >= 0.6 is 0 Å². The van der Waals surface area contributed by atoms with Crippen molar-refractivity contribution < 1.29 is 0 Å². The summed E-state index contributed by atoms with van der Waals surface area (Å²) in [5, 5.41) is 10.2. The van der Waals surface area contributed by atoms with E-state index in [9.17, 15) is 0 Å². The molecular formula is C18H17N5. The summed E-state index contributed by atoms with van der Waals surface area (Å²) >= 11 is 0. The van der Waals surface area contributed by atoms with Crippen LogP contribution in [0, 0.1) is 6.92 Å². The largest absolute Gasteiger partial charge is 0.364 e. The van der Waals surface area contributed by atoms with Crippen LogP contribution in [0.5, 0.6) is 0 Å². The van der Waals surface area contributed by atoms with Gasteiger partial charge in [-0.05, 0) is 25.1 Å². The lowest BCUT2D eigenvalue weighted by Crippen LogP contribution is -2.04. The van der Waals surface area contributed by atoms with Gasteiger partial charge in [-0.25, -0.2) is 9.97 Å². The topological polar surface area (TPSA) is 55.6 Å². The molecule has 0 radical (unpaired) electrons. The molecule has 0 amide bonds. The molecule has 23 heavy (non-hydrogen) atoms. The monoisotopic (exact) mass is 303 g/mol. The fourth-order valence-electron chi connectivity index (χ4n) is 2.90. The third-order valence-corrected chi connectivity index (χ3v) is 4.05. The Kier molecular flexibility index (Phi) is 3.19. The van der Waals surface area contributed by atoms with Crippen molar-refractivity contribution in [3.05, 3.63) is 60.0 Å². The molecule has 0 fully saturated rings. The van der Waals surface area contributed by atoms with Gasteiger partial charge >= 0.3 is 0 Å². The molecule has 0 spiro atoms. The van der Waals surface area contributed by atoms with Crippen LogP contribution in [-0.4, -0.2) is 19.7 Å². The minimum Gasteiger partial charge on any atom is -0.364 e. The van der Waals surface area contributed by atoms with Crippen LogP contribution in [0.4, 0.5) is 5.82 Å². The Bertz CT molecular complexity index is 1000. The van der Waals surface area contributed by atoms with Crippen molar-refractivity contribution in [3.63, 3.8) is 0 Å². The van der Waals surface area contributed by atoms with Crippen molar-refractivity contribution in [2.24, 2.45) is 7.05 Å². The number of hydrogen-bond donors (Lipinski definition) is 1. The first-order valence-corrected chi connectivity index (χ1v) is 7.58. The van der Waals surface area contributed by atoms with Gasteiger partial charge in [-0.15, -0.1) is 0 Å². The van der Waals surface area contributed by atoms with Crippen molar-refractivity contribution >= 4 is 27.6 Å².